The molecule has 0 unspecified atom stereocenters. The van der Waals surface area contributed by atoms with Crippen LogP contribution >= 0.6 is 11.3 Å². The molecule has 4 rings (SSSR count). The van der Waals surface area contributed by atoms with Gasteiger partial charge in [0.25, 0.3) is 5.91 Å². The molecule has 0 saturated carbocycles. The van der Waals surface area contributed by atoms with Crippen molar-refractivity contribution in [3.05, 3.63) is 77.4 Å². The van der Waals surface area contributed by atoms with Gasteiger partial charge < -0.3 is 5.32 Å². The van der Waals surface area contributed by atoms with Gasteiger partial charge in [-0.15, -0.1) is 11.3 Å². The Morgan fingerprint density at radius 1 is 1.12 bits per heavy atom. The fourth-order valence-electron chi connectivity index (χ4n) is 2.47. The van der Waals surface area contributed by atoms with Gasteiger partial charge in [-0.1, -0.05) is 30.3 Å². The molecule has 2 heterocycles. The van der Waals surface area contributed by atoms with Crippen molar-refractivity contribution in [2.75, 3.05) is 5.32 Å². The fourth-order valence-corrected chi connectivity index (χ4v) is 3.33. The van der Waals surface area contributed by atoms with E-state index in [0.29, 0.717) is 10.7 Å². The van der Waals surface area contributed by atoms with Crippen molar-refractivity contribution in [2.45, 2.75) is 0 Å². The van der Waals surface area contributed by atoms with Gasteiger partial charge in [0.05, 0.1) is 11.4 Å². The van der Waals surface area contributed by atoms with Crippen LogP contribution in [0.2, 0.25) is 0 Å². The number of nitrogens with zero attached hydrogens (tertiary/aromatic N) is 2. The van der Waals surface area contributed by atoms with Gasteiger partial charge in [0.15, 0.2) is 4.96 Å². The Hall–Kier alpha value is -3.06. The smallest absolute Gasteiger partial charge is 0.273 e. The van der Waals surface area contributed by atoms with Crippen LogP contribution < -0.4 is 5.32 Å². The third-order valence-corrected chi connectivity index (χ3v) is 4.53. The van der Waals surface area contributed by atoms with Gasteiger partial charge in [-0.2, -0.15) is 0 Å². The molecule has 1 N–H and O–H groups in total. The number of halogens is 2. The minimum atomic E-state index is -0.824. The highest BCUT2D eigenvalue weighted by Crippen LogP contribution is 2.24. The molecule has 0 spiro atoms. The second-order valence-corrected chi connectivity index (χ2v) is 6.18. The summed E-state index contributed by atoms with van der Waals surface area (Å²) in [7, 11) is 0. The lowest BCUT2D eigenvalue weighted by atomic mass is 10.2. The molecule has 0 aliphatic heterocycles. The molecule has 7 heteroatoms. The summed E-state index contributed by atoms with van der Waals surface area (Å²) < 4.78 is 28.3. The van der Waals surface area contributed by atoms with Gasteiger partial charge >= 0.3 is 0 Å². The fraction of sp³-hybridized carbons (Fsp3) is 0. The molecule has 4 nitrogen and oxygen atoms in total. The highest BCUT2D eigenvalue weighted by Gasteiger charge is 2.16. The zero-order valence-corrected chi connectivity index (χ0v) is 13.6. The number of thiazole rings is 1. The number of carbonyl (C=O) groups is 1. The maximum atomic E-state index is 13.7. The van der Waals surface area contributed by atoms with E-state index in [0.717, 1.165) is 23.4 Å². The summed E-state index contributed by atoms with van der Waals surface area (Å²) in [6, 6.07) is 12.6. The highest BCUT2D eigenvalue weighted by molar-refractivity contribution is 7.15. The van der Waals surface area contributed by atoms with Crippen LogP contribution in [0.4, 0.5) is 14.5 Å². The van der Waals surface area contributed by atoms with E-state index in [1.165, 1.54) is 17.4 Å². The number of anilines is 1. The van der Waals surface area contributed by atoms with Crippen LogP contribution in [0.3, 0.4) is 0 Å². The molecule has 124 valence electrons. The molecule has 0 atom stereocenters. The second kappa shape index (κ2) is 6.10. The predicted octanol–water partition coefficient (Wildman–Crippen LogP) is 4.59. The molecule has 0 saturated heterocycles. The monoisotopic (exact) mass is 355 g/mol. The number of hydrogen-bond acceptors (Lipinski definition) is 3. The molecule has 25 heavy (non-hydrogen) atoms. The molecule has 0 aliphatic carbocycles. The molecule has 1 amide bonds. The Morgan fingerprint density at radius 2 is 1.92 bits per heavy atom. The van der Waals surface area contributed by atoms with E-state index in [4.69, 9.17) is 0 Å². The number of imidazole rings is 1. The largest absolute Gasteiger partial charge is 0.318 e. The summed E-state index contributed by atoms with van der Waals surface area (Å²) in [6.07, 6.45) is 1.76. The summed E-state index contributed by atoms with van der Waals surface area (Å²) in [5, 5.41) is 4.11. The Morgan fingerprint density at radius 3 is 2.68 bits per heavy atom. The number of amides is 1. The zero-order chi connectivity index (χ0) is 17.4. The molecular formula is C18H11F2N3OS. The predicted molar refractivity (Wildman–Crippen MR) is 92.8 cm³/mol. The summed E-state index contributed by atoms with van der Waals surface area (Å²) in [6.45, 7) is 0. The quantitative estimate of drug-likeness (QED) is 0.584. The average Bonchev–Trinajstić information content (AvgIpc) is 3.18. The lowest BCUT2D eigenvalue weighted by molar-refractivity contribution is 0.102. The minimum absolute atomic E-state index is 0.0749. The van der Waals surface area contributed by atoms with Crippen molar-refractivity contribution in [3.63, 3.8) is 0 Å². The first-order chi connectivity index (χ1) is 12.1. The van der Waals surface area contributed by atoms with E-state index in [1.54, 1.807) is 16.0 Å². The first-order valence-corrected chi connectivity index (χ1v) is 8.28. The highest BCUT2D eigenvalue weighted by atomic mass is 32.1. The third kappa shape index (κ3) is 2.89. The summed E-state index contributed by atoms with van der Waals surface area (Å²) in [5.41, 5.74) is 1.94. The minimum Gasteiger partial charge on any atom is -0.318 e. The van der Waals surface area contributed by atoms with Crippen LogP contribution in [0.15, 0.2) is 60.1 Å². The number of hydrogen-bond donors (Lipinski definition) is 1. The lowest BCUT2D eigenvalue weighted by Crippen LogP contribution is -2.14. The van der Waals surface area contributed by atoms with Crippen molar-refractivity contribution in [2.24, 2.45) is 0 Å². The van der Waals surface area contributed by atoms with Gasteiger partial charge in [0, 0.05) is 23.2 Å². The SMILES string of the molecule is O=C(Nc1ccc(F)cc1F)c1csc2nc(-c3ccccc3)cn12. The molecule has 0 bridgehead atoms. The van der Waals surface area contributed by atoms with E-state index in [1.807, 2.05) is 30.3 Å². The Balaban J connectivity index is 1.67. The standard InChI is InChI=1S/C18H11F2N3OS/c19-12-6-7-14(13(20)8-12)21-17(24)16-10-25-18-22-15(9-23(16)18)11-4-2-1-3-5-11/h1-10H,(H,21,24). The maximum Gasteiger partial charge on any atom is 0.273 e. The summed E-state index contributed by atoms with van der Waals surface area (Å²) in [5.74, 6) is -2.01. The molecule has 0 aliphatic rings. The Labute approximate surface area is 145 Å². The van der Waals surface area contributed by atoms with Gasteiger partial charge in [0.1, 0.15) is 17.3 Å². The van der Waals surface area contributed by atoms with Crippen LogP contribution in [0, 0.1) is 11.6 Å². The Bertz CT molecular complexity index is 1070. The number of nitrogens with one attached hydrogen (secondary N) is 1. The second-order valence-electron chi connectivity index (χ2n) is 5.34. The van der Waals surface area contributed by atoms with Gasteiger partial charge in [-0.25, -0.2) is 13.8 Å². The van der Waals surface area contributed by atoms with E-state index < -0.39 is 17.5 Å². The molecule has 2 aromatic heterocycles. The third-order valence-electron chi connectivity index (χ3n) is 3.69. The number of rotatable bonds is 3. The molecule has 2 aromatic carbocycles. The van der Waals surface area contributed by atoms with Gasteiger partial charge in [0.2, 0.25) is 0 Å². The van der Waals surface area contributed by atoms with E-state index in [2.05, 4.69) is 10.3 Å². The van der Waals surface area contributed by atoms with Crippen LogP contribution in [0.1, 0.15) is 10.5 Å². The molecular weight excluding hydrogens is 344 g/mol. The van der Waals surface area contributed by atoms with Gasteiger partial charge in [-0.05, 0) is 12.1 Å². The maximum absolute atomic E-state index is 13.7. The van der Waals surface area contributed by atoms with Crippen molar-refractivity contribution in [1.82, 2.24) is 9.38 Å². The van der Waals surface area contributed by atoms with Crippen LogP contribution in [0.5, 0.6) is 0 Å². The normalized spacial score (nSPS) is 11.0. The Kier molecular flexibility index (Phi) is 3.77. The molecule has 4 aromatic rings. The van der Waals surface area contributed by atoms with E-state index in [9.17, 15) is 13.6 Å². The van der Waals surface area contributed by atoms with Crippen molar-refractivity contribution in [1.29, 1.82) is 0 Å². The van der Waals surface area contributed by atoms with Crippen molar-refractivity contribution < 1.29 is 13.6 Å². The van der Waals surface area contributed by atoms with Gasteiger partial charge in [-0.3, -0.25) is 9.20 Å². The zero-order valence-electron chi connectivity index (χ0n) is 12.7. The van der Waals surface area contributed by atoms with Crippen LogP contribution in [0.25, 0.3) is 16.2 Å². The van der Waals surface area contributed by atoms with E-state index in [-0.39, 0.29) is 5.69 Å². The lowest BCUT2D eigenvalue weighted by Gasteiger charge is -2.05. The molecule has 0 fully saturated rings. The first kappa shape index (κ1) is 15.5. The van der Waals surface area contributed by atoms with Crippen molar-refractivity contribution in [3.8, 4) is 11.3 Å². The number of benzene rings is 2. The number of carbonyl (C=O) groups excluding carboxylic acids is 1. The van der Waals surface area contributed by atoms with E-state index >= 15 is 0 Å². The van der Waals surface area contributed by atoms with Crippen LogP contribution in [-0.2, 0) is 0 Å². The number of fused-ring (bicyclic) bond motifs is 1. The average molecular weight is 355 g/mol. The number of aromatic nitrogens is 2. The van der Waals surface area contributed by atoms with Crippen molar-refractivity contribution >= 4 is 27.9 Å². The van der Waals surface area contributed by atoms with Crippen LogP contribution in [-0.4, -0.2) is 15.3 Å². The first-order valence-electron chi connectivity index (χ1n) is 7.40. The topological polar surface area (TPSA) is 46.4 Å². The molecule has 0 radical (unpaired) electrons. The summed E-state index contributed by atoms with van der Waals surface area (Å²) >= 11 is 1.31. The summed E-state index contributed by atoms with van der Waals surface area (Å²) in [4.78, 5) is 17.6.